The van der Waals surface area contributed by atoms with Gasteiger partial charge < -0.3 is 21.3 Å². The van der Waals surface area contributed by atoms with E-state index in [0.717, 1.165) is 60.4 Å². The Labute approximate surface area is 205 Å². The summed E-state index contributed by atoms with van der Waals surface area (Å²) in [4.78, 5) is 22.9. The lowest BCUT2D eigenvalue weighted by Crippen LogP contribution is -2.40. The second kappa shape index (κ2) is 12.7. The Balaban J connectivity index is 0.00000341. The SMILES string of the molecule is CCNC(=NCc1ccc(Cl)cc1)NCc1cccnc1N1CCC(C(N)=O)CC1.I. The number of hydrogen-bond donors (Lipinski definition) is 3. The third-order valence-electron chi connectivity index (χ3n) is 5.19. The summed E-state index contributed by atoms with van der Waals surface area (Å²) in [6.07, 6.45) is 3.34. The fourth-order valence-corrected chi connectivity index (χ4v) is 3.64. The molecule has 168 valence electrons. The quantitative estimate of drug-likeness (QED) is 0.276. The summed E-state index contributed by atoms with van der Waals surface area (Å²) in [6.45, 7) is 5.54. The maximum atomic E-state index is 11.4. The molecule has 31 heavy (non-hydrogen) atoms. The Bertz CT molecular complexity index is 869. The molecule has 0 bridgehead atoms. The number of pyridine rings is 1. The smallest absolute Gasteiger partial charge is 0.220 e. The van der Waals surface area contributed by atoms with Crippen molar-refractivity contribution in [3.8, 4) is 0 Å². The minimum atomic E-state index is -0.204. The van der Waals surface area contributed by atoms with Gasteiger partial charge in [0.1, 0.15) is 5.82 Å². The molecule has 1 aromatic heterocycles. The molecule has 1 amide bonds. The Kier molecular flexibility index (Phi) is 10.3. The number of hydrogen-bond acceptors (Lipinski definition) is 4. The summed E-state index contributed by atoms with van der Waals surface area (Å²) >= 11 is 5.95. The molecule has 7 nitrogen and oxygen atoms in total. The molecular weight excluding hydrogens is 527 g/mol. The van der Waals surface area contributed by atoms with Gasteiger partial charge in [-0.1, -0.05) is 29.8 Å². The van der Waals surface area contributed by atoms with Crippen LogP contribution in [0.5, 0.6) is 0 Å². The first-order valence-corrected chi connectivity index (χ1v) is 10.7. The number of carbonyl (C=O) groups excluding carboxylic acids is 1. The van der Waals surface area contributed by atoms with E-state index in [1.807, 2.05) is 37.3 Å². The van der Waals surface area contributed by atoms with Crippen molar-refractivity contribution >= 4 is 53.3 Å². The van der Waals surface area contributed by atoms with Crippen molar-refractivity contribution < 1.29 is 4.79 Å². The van der Waals surface area contributed by atoms with Crippen LogP contribution in [-0.2, 0) is 17.9 Å². The predicted octanol–water partition coefficient (Wildman–Crippen LogP) is 3.31. The van der Waals surface area contributed by atoms with E-state index in [1.54, 1.807) is 6.20 Å². The zero-order chi connectivity index (χ0) is 21.3. The van der Waals surface area contributed by atoms with E-state index in [0.29, 0.717) is 13.1 Å². The van der Waals surface area contributed by atoms with Gasteiger partial charge in [0.15, 0.2) is 5.96 Å². The number of carbonyl (C=O) groups is 1. The standard InChI is InChI=1S/C22H29ClN6O.HI/c1-2-25-22(27-14-16-5-7-19(23)8-6-16)28-15-18-4-3-11-26-21(18)29-12-9-17(10-13-29)20(24)30;/h3-8,11,17H,2,9-10,12-15H2,1H3,(H2,24,30)(H2,25,27,28);1H. The third-order valence-corrected chi connectivity index (χ3v) is 5.44. The number of piperidine rings is 1. The molecule has 1 aliphatic heterocycles. The number of nitrogens with two attached hydrogens (primary N) is 1. The van der Waals surface area contributed by atoms with Gasteiger partial charge in [-0.2, -0.15) is 0 Å². The minimum absolute atomic E-state index is 0. The van der Waals surface area contributed by atoms with Crippen molar-refractivity contribution in [3.05, 3.63) is 58.7 Å². The van der Waals surface area contributed by atoms with Crippen LogP contribution < -0.4 is 21.3 Å². The van der Waals surface area contributed by atoms with Crippen LogP contribution in [-0.4, -0.2) is 36.5 Å². The Morgan fingerprint density at radius 3 is 2.58 bits per heavy atom. The number of guanidine groups is 1. The van der Waals surface area contributed by atoms with Crippen LogP contribution in [0.1, 0.15) is 30.9 Å². The lowest BCUT2D eigenvalue weighted by atomic mass is 9.96. The second-order valence-electron chi connectivity index (χ2n) is 7.33. The van der Waals surface area contributed by atoms with Crippen LogP contribution in [0.15, 0.2) is 47.6 Å². The van der Waals surface area contributed by atoms with Gasteiger partial charge in [-0.3, -0.25) is 4.79 Å². The van der Waals surface area contributed by atoms with Gasteiger partial charge >= 0.3 is 0 Å². The van der Waals surface area contributed by atoms with Crippen molar-refractivity contribution in [2.75, 3.05) is 24.5 Å². The average Bonchev–Trinajstić information content (AvgIpc) is 2.77. The van der Waals surface area contributed by atoms with Gasteiger partial charge in [0, 0.05) is 48.9 Å². The average molecular weight is 557 g/mol. The van der Waals surface area contributed by atoms with Gasteiger partial charge in [-0.25, -0.2) is 9.98 Å². The molecule has 4 N–H and O–H groups in total. The molecule has 3 rings (SSSR count). The fourth-order valence-electron chi connectivity index (χ4n) is 3.51. The number of nitrogens with zero attached hydrogens (tertiary/aromatic N) is 3. The fraction of sp³-hybridized carbons (Fsp3) is 0.409. The molecule has 0 saturated carbocycles. The van der Waals surface area contributed by atoms with E-state index in [2.05, 4.69) is 31.6 Å². The van der Waals surface area contributed by atoms with Crippen molar-refractivity contribution in [2.24, 2.45) is 16.6 Å². The Morgan fingerprint density at radius 2 is 1.94 bits per heavy atom. The first-order valence-electron chi connectivity index (χ1n) is 10.3. The number of benzene rings is 1. The molecule has 1 saturated heterocycles. The van der Waals surface area contributed by atoms with Crippen molar-refractivity contribution in [3.63, 3.8) is 0 Å². The number of nitrogens with one attached hydrogen (secondary N) is 2. The van der Waals surface area contributed by atoms with E-state index in [-0.39, 0.29) is 35.8 Å². The normalized spacial score (nSPS) is 14.6. The molecule has 0 unspecified atom stereocenters. The molecule has 1 aliphatic rings. The zero-order valence-corrected chi connectivity index (χ0v) is 20.8. The number of aromatic nitrogens is 1. The number of rotatable bonds is 7. The molecule has 1 aromatic carbocycles. The van der Waals surface area contributed by atoms with E-state index in [1.165, 1.54) is 0 Å². The van der Waals surface area contributed by atoms with Crippen LogP contribution in [0.25, 0.3) is 0 Å². The monoisotopic (exact) mass is 556 g/mol. The largest absolute Gasteiger partial charge is 0.369 e. The van der Waals surface area contributed by atoms with Crippen LogP contribution in [0.2, 0.25) is 5.02 Å². The van der Waals surface area contributed by atoms with E-state index in [9.17, 15) is 4.79 Å². The molecular formula is C22H30ClIN6O. The summed E-state index contributed by atoms with van der Waals surface area (Å²) in [7, 11) is 0. The molecule has 2 aromatic rings. The van der Waals surface area contributed by atoms with Gasteiger partial charge in [0.05, 0.1) is 6.54 Å². The highest BCUT2D eigenvalue weighted by Gasteiger charge is 2.24. The molecule has 9 heteroatoms. The Hall–Kier alpha value is -2.07. The molecule has 0 atom stereocenters. The van der Waals surface area contributed by atoms with Crippen molar-refractivity contribution in [1.29, 1.82) is 0 Å². The number of aliphatic imine (C=N–C) groups is 1. The highest BCUT2D eigenvalue weighted by Crippen LogP contribution is 2.24. The predicted molar refractivity (Wildman–Crippen MR) is 137 cm³/mol. The van der Waals surface area contributed by atoms with Crippen LogP contribution in [0.4, 0.5) is 5.82 Å². The number of halogens is 2. The van der Waals surface area contributed by atoms with Crippen molar-refractivity contribution in [2.45, 2.75) is 32.9 Å². The highest BCUT2D eigenvalue weighted by atomic mass is 127. The van der Waals surface area contributed by atoms with E-state index in [4.69, 9.17) is 17.3 Å². The lowest BCUT2D eigenvalue weighted by Gasteiger charge is -2.32. The van der Waals surface area contributed by atoms with Crippen LogP contribution in [0, 0.1) is 5.92 Å². The maximum Gasteiger partial charge on any atom is 0.220 e. The topological polar surface area (TPSA) is 95.6 Å². The number of anilines is 1. The zero-order valence-electron chi connectivity index (χ0n) is 17.7. The van der Waals surface area contributed by atoms with Crippen molar-refractivity contribution in [1.82, 2.24) is 15.6 Å². The third kappa shape index (κ3) is 7.53. The van der Waals surface area contributed by atoms with E-state index >= 15 is 0 Å². The molecule has 0 aliphatic carbocycles. The molecule has 1 fully saturated rings. The second-order valence-corrected chi connectivity index (χ2v) is 7.76. The summed E-state index contributed by atoms with van der Waals surface area (Å²) in [6, 6.07) is 11.7. The van der Waals surface area contributed by atoms with Crippen LogP contribution >= 0.6 is 35.6 Å². The van der Waals surface area contributed by atoms with Gasteiger partial charge in [-0.15, -0.1) is 24.0 Å². The molecule has 0 spiro atoms. The summed E-state index contributed by atoms with van der Waals surface area (Å²) in [5.41, 5.74) is 7.64. The maximum absolute atomic E-state index is 11.4. The summed E-state index contributed by atoms with van der Waals surface area (Å²) in [5, 5.41) is 7.40. The van der Waals surface area contributed by atoms with Gasteiger partial charge in [0.2, 0.25) is 5.91 Å². The molecule has 2 heterocycles. The molecule has 0 radical (unpaired) electrons. The van der Waals surface area contributed by atoms with Crippen LogP contribution in [0.3, 0.4) is 0 Å². The van der Waals surface area contributed by atoms with Gasteiger partial charge in [-0.05, 0) is 43.5 Å². The number of primary amides is 1. The first-order chi connectivity index (χ1) is 14.6. The number of amides is 1. The lowest BCUT2D eigenvalue weighted by molar-refractivity contribution is -0.122. The minimum Gasteiger partial charge on any atom is -0.369 e. The van der Waals surface area contributed by atoms with E-state index < -0.39 is 0 Å². The Morgan fingerprint density at radius 1 is 1.23 bits per heavy atom. The first kappa shape index (κ1) is 25.2. The highest BCUT2D eigenvalue weighted by molar-refractivity contribution is 14.0. The summed E-state index contributed by atoms with van der Waals surface area (Å²) < 4.78 is 0. The van der Waals surface area contributed by atoms with Gasteiger partial charge in [0.25, 0.3) is 0 Å². The summed E-state index contributed by atoms with van der Waals surface area (Å²) in [5.74, 6) is 1.45.